The molecule has 2 N–H and O–H groups in total. The summed E-state index contributed by atoms with van der Waals surface area (Å²) in [5.41, 5.74) is 21.3. The highest BCUT2D eigenvalue weighted by molar-refractivity contribution is 6.10. The average Bonchev–Trinajstić information content (AvgIpc) is 3.59. The molecule has 0 saturated carbocycles. The number of aromatic nitrogens is 1. The zero-order valence-electron chi connectivity index (χ0n) is 31.5. The van der Waals surface area contributed by atoms with Crippen molar-refractivity contribution in [3.8, 4) is 16.8 Å². The molecule has 0 bridgehead atoms. The van der Waals surface area contributed by atoms with E-state index >= 15 is 0 Å². The van der Waals surface area contributed by atoms with E-state index in [1.165, 1.54) is 56.0 Å². The van der Waals surface area contributed by atoms with Crippen molar-refractivity contribution < 1.29 is 0 Å². The summed E-state index contributed by atoms with van der Waals surface area (Å²) in [7, 11) is 0. The van der Waals surface area contributed by atoms with E-state index in [-0.39, 0.29) is 6.04 Å². The Balaban J connectivity index is 1.03. The number of hydrogen-bond donors (Lipinski definition) is 1. The largest absolute Gasteiger partial charge is 0.324 e. The second-order valence-electron chi connectivity index (χ2n) is 15.6. The first-order chi connectivity index (χ1) is 27.7. The van der Waals surface area contributed by atoms with Crippen LogP contribution < -0.4 is 5.73 Å². The van der Waals surface area contributed by atoms with Crippen LogP contribution >= 0.6 is 0 Å². The molecule has 56 heavy (non-hydrogen) atoms. The molecule has 3 heteroatoms. The van der Waals surface area contributed by atoms with E-state index in [0.29, 0.717) is 17.8 Å². The molecule has 1 aromatic heterocycles. The van der Waals surface area contributed by atoms with Crippen molar-refractivity contribution in [2.24, 2.45) is 16.6 Å². The number of nitrogens with zero attached hydrogens (tertiary/aromatic N) is 2. The molecule has 4 unspecified atom stereocenters. The van der Waals surface area contributed by atoms with Crippen molar-refractivity contribution >= 4 is 33.7 Å². The lowest BCUT2D eigenvalue weighted by atomic mass is 9.67. The third-order valence-corrected chi connectivity index (χ3v) is 12.2. The molecular weight excluding hydrogens is 679 g/mol. The zero-order chi connectivity index (χ0) is 37.4. The number of aliphatic imine (C=N–C) groups is 1. The zero-order valence-corrected chi connectivity index (χ0v) is 31.5. The first kappa shape index (κ1) is 34.2. The van der Waals surface area contributed by atoms with Gasteiger partial charge in [-0.25, -0.2) is 0 Å². The van der Waals surface area contributed by atoms with Crippen molar-refractivity contribution in [3.63, 3.8) is 0 Å². The van der Waals surface area contributed by atoms with E-state index in [1.807, 2.05) is 24.4 Å². The van der Waals surface area contributed by atoms with Crippen LogP contribution in [-0.2, 0) is 6.42 Å². The highest BCUT2D eigenvalue weighted by Gasteiger charge is 2.33. The van der Waals surface area contributed by atoms with Crippen LogP contribution in [0.25, 0.3) is 44.3 Å². The lowest BCUT2D eigenvalue weighted by molar-refractivity contribution is 0.430. The molecule has 272 valence electrons. The van der Waals surface area contributed by atoms with Crippen molar-refractivity contribution in [3.05, 3.63) is 215 Å². The normalized spacial score (nSPS) is 21.1. The van der Waals surface area contributed by atoms with Crippen molar-refractivity contribution in [1.82, 2.24) is 4.57 Å². The predicted molar refractivity (Wildman–Crippen MR) is 236 cm³/mol. The summed E-state index contributed by atoms with van der Waals surface area (Å²) in [6.45, 7) is 0. The first-order valence-electron chi connectivity index (χ1n) is 20.1. The fourth-order valence-corrected chi connectivity index (χ4v) is 9.39. The smallest absolute Gasteiger partial charge is 0.0749 e. The minimum absolute atomic E-state index is 0.0441. The molecule has 0 fully saturated rings. The van der Waals surface area contributed by atoms with Crippen LogP contribution in [-0.4, -0.2) is 16.8 Å². The molecule has 10 rings (SSSR count). The maximum atomic E-state index is 6.68. The van der Waals surface area contributed by atoms with Gasteiger partial charge in [0.05, 0.1) is 16.7 Å². The molecule has 0 amide bonds. The molecular formula is C53H45N3. The van der Waals surface area contributed by atoms with E-state index in [1.54, 1.807) is 0 Å². The van der Waals surface area contributed by atoms with E-state index in [0.717, 1.165) is 47.3 Å². The molecule has 6 aromatic carbocycles. The van der Waals surface area contributed by atoms with Gasteiger partial charge in [-0.15, -0.1) is 0 Å². The van der Waals surface area contributed by atoms with Gasteiger partial charge in [0.15, 0.2) is 0 Å². The summed E-state index contributed by atoms with van der Waals surface area (Å²) in [4.78, 5) is 5.05. The second-order valence-corrected chi connectivity index (χ2v) is 15.6. The van der Waals surface area contributed by atoms with E-state index in [9.17, 15) is 0 Å². The molecule has 1 heterocycles. The summed E-state index contributed by atoms with van der Waals surface area (Å²) in [6.07, 6.45) is 19.8. The van der Waals surface area contributed by atoms with Gasteiger partial charge in [0.1, 0.15) is 0 Å². The Labute approximate surface area is 329 Å². The molecule has 4 atom stereocenters. The Hall–Kier alpha value is -6.29. The molecule has 3 aliphatic rings. The third-order valence-electron chi connectivity index (χ3n) is 12.2. The standard InChI is InChI=1S/C53H45N3/c54-50-21-11-9-20-47(50)53(55-35-37-15-5-2-6-16-37)38-23-27-43(28-24-38)56-51-22-12-10-19-46(51)49-34-40(26-30-52(49)56)39-25-29-45-42(31-36-13-3-1-4-14-36)32-41-17-7-8-18-44(41)48(45)33-39/h1-10,12-20,22-30,33-35,41-42,44,50H,11,21,31-32,54H2. The summed E-state index contributed by atoms with van der Waals surface area (Å²) >= 11 is 0. The summed E-state index contributed by atoms with van der Waals surface area (Å²) in [5, 5.41) is 2.51. The predicted octanol–water partition coefficient (Wildman–Crippen LogP) is 12.5. The molecule has 3 nitrogen and oxygen atoms in total. The van der Waals surface area contributed by atoms with Crippen LogP contribution in [0.5, 0.6) is 0 Å². The van der Waals surface area contributed by atoms with E-state index in [4.69, 9.17) is 10.7 Å². The maximum absolute atomic E-state index is 6.68. The molecule has 3 aliphatic carbocycles. The van der Waals surface area contributed by atoms with Crippen molar-refractivity contribution in [1.29, 1.82) is 0 Å². The van der Waals surface area contributed by atoms with Gasteiger partial charge in [-0.3, -0.25) is 4.99 Å². The van der Waals surface area contributed by atoms with E-state index in [2.05, 4.69) is 168 Å². The second kappa shape index (κ2) is 14.7. The monoisotopic (exact) mass is 723 g/mol. The molecule has 0 spiro atoms. The van der Waals surface area contributed by atoms with Crippen LogP contribution in [0.1, 0.15) is 58.9 Å². The van der Waals surface area contributed by atoms with Crippen molar-refractivity contribution in [2.75, 3.05) is 0 Å². The lowest BCUT2D eigenvalue weighted by Crippen LogP contribution is -2.24. The Bertz CT molecular complexity index is 2710. The van der Waals surface area contributed by atoms with Crippen LogP contribution in [0.15, 0.2) is 193 Å². The number of rotatable bonds is 7. The number of hydrogen-bond acceptors (Lipinski definition) is 2. The van der Waals surface area contributed by atoms with Crippen molar-refractivity contribution in [2.45, 2.75) is 43.6 Å². The van der Waals surface area contributed by atoms with Crippen LogP contribution in [0, 0.1) is 5.92 Å². The van der Waals surface area contributed by atoms with Gasteiger partial charge < -0.3 is 10.3 Å². The molecule has 7 aromatic rings. The van der Waals surface area contributed by atoms with Crippen LogP contribution in [0.2, 0.25) is 0 Å². The summed E-state index contributed by atoms with van der Waals surface area (Å²) < 4.78 is 2.40. The van der Waals surface area contributed by atoms with Gasteiger partial charge in [-0.2, -0.15) is 0 Å². The first-order valence-corrected chi connectivity index (χ1v) is 20.1. The topological polar surface area (TPSA) is 43.3 Å². The van der Waals surface area contributed by atoms with Crippen LogP contribution in [0.3, 0.4) is 0 Å². The van der Waals surface area contributed by atoms with Gasteiger partial charge in [-0.1, -0.05) is 152 Å². The van der Waals surface area contributed by atoms with Gasteiger partial charge in [0.2, 0.25) is 0 Å². The lowest BCUT2D eigenvalue weighted by Gasteiger charge is -2.37. The number of allylic oxidation sites excluding steroid dienone is 5. The SMILES string of the molecule is NC1CCC=CC1=C(N=Cc1ccccc1)c1ccc(-n2c3ccccc3c3cc(-c4ccc5c(c4)C4C=CC=CC4CC5Cc4ccccc4)ccc32)cc1. The van der Waals surface area contributed by atoms with E-state index < -0.39 is 0 Å². The van der Waals surface area contributed by atoms with Gasteiger partial charge in [-0.05, 0) is 107 Å². The minimum Gasteiger partial charge on any atom is -0.324 e. The maximum Gasteiger partial charge on any atom is 0.0749 e. The quantitative estimate of drug-likeness (QED) is 0.164. The Morgan fingerprint density at radius 1 is 0.696 bits per heavy atom. The Morgan fingerprint density at radius 3 is 2.27 bits per heavy atom. The number of benzene rings is 6. The van der Waals surface area contributed by atoms with Gasteiger partial charge in [0, 0.05) is 40.2 Å². The summed E-state index contributed by atoms with van der Waals surface area (Å²) in [5.74, 6) is 1.45. The fraction of sp³-hybridized carbons (Fsp3) is 0.151. The van der Waals surface area contributed by atoms with Gasteiger partial charge >= 0.3 is 0 Å². The average molecular weight is 724 g/mol. The fourth-order valence-electron chi connectivity index (χ4n) is 9.39. The van der Waals surface area contributed by atoms with Gasteiger partial charge in [0.25, 0.3) is 0 Å². The molecule has 0 radical (unpaired) electrons. The number of nitrogens with two attached hydrogens (primary N) is 1. The third kappa shape index (κ3) is 6.38. The minimum atomic E-state index is -0.0441. The van der Waals surface area contributed by atoms with Crippen LogP contribution in [0.4, 0.5) is 0 Å². The Kier molecular flexibility index (Phi) is 9.01. The molecule has 0 aliphatic heterocycles. The Morgan fingerprint density at radius 2 is 1.43 bits per heavy atom. The highest BCUT2D eigenvalue weighted by Crippen LogP contribution is 2.48. The summed E-state index contributed by atoms with van der Waals surface area (Å²) in [6, 6.07) is 53.2. The highest BCUT2D eigenvalue weighted by atomic mass is 15.0. The number of fused-ring (bicyclic) bond motifs is 6. The molecule has 0 saturated heterocycles. The number of para-hydroxylation sites is 1.